The van der Waals surface area contributed by atoms with Gasteiger partial charge in [0.2, 0.25) is 17.7 Å². The molecule has 0 spiro atoms. The minimum Gasteiger partial charge on any atom is -0.357 e. The Hall–Kier alpha value is -1.81. The molecule has 10 heteroatoms. The summed E-state index contributed by atoms with van der Waals surface area (Å²) in [6, 6.07) is -1.46. The van der Waals surface area contributed by atoms with Gasteiger partial charge >= 0.3 is 0 Å². The molecular weight excluding hydrogens is 454 g/mol. The predicted octanol–water partition coefficient (Wildman–Crippen LogP) is 1.63. The fourth-order valence-corrected chi connectivity index (χ4v) is 4.72. The fraction of sp³-hybridized carbons (Fsp3) is 0.833. The number of nitrogens with one attached hydrogen (secondary N) is 2. The molecule has 0 rings (SSSR count). The van der Waals surface area contributed by atoms with Crippen LogP contribution in [0.2, 0.25) is 0 Å². The van der Waals surface area contributed by atoms with Crippen LogP contribution in [0.1, 0.15) is 53.9 Å². The lowest BCUT2D eigenvalue weighted by Crippen LogP contribution is -2.57. The van der Waals surface area contributed by atoms with Crippen LogP contribution in [-0.4, -0.2) is 103 Å². The molecule has 0 saturated heterocycles. The van der Waals surface area contributed by atoms with Crippen molar-refractivity contribution in [1.82, 2.24) is 25.3 Å². The van der Waals surface area contributed by atoms with Gasteiger partial charge < -0.3 is 25.3 Å². The van der Waals surface area contributed by atoms with E-state index in [-0.39, 0.29) is 35.5 Å². The number of rotatable bonds is 15. The average Bonchev–Trinajstić information content (AvgIpc) is 2.76. The van der Waals surface area contributed by atoms with E-state index in [1.165, 1.54) is 28.6 Å². The van der Waals surface area contributed by atoms with Gasteiger partial charge in [-0.1, -0.05) is 34.6 Å². The Bertz CT molecular complexity index is 672. The van der Waals surface area contributed by atoms with Gasteiger partial charge in [-0.05, 0) is 38.8 Å². The van der Waals surface area contributed by atoms with Crippen LogP contribution in [0.3, 0.4) is 0 Å². The second kappa shape index (κ2) is 16.0. The molecule has 0 radical (unpaired) electrons. The summed E-state index contributed by atoms with van der Waals surface area (Å²) in [5.41, 5.74) is 0. The van der Waals surface area contributed by atoms with Gasteiger partial charge in [0.05, 0.1) is 0 Å². The summed E-state index contributed by atoms with van der Waals surface area (Å²) in [4.78, 5) is 56.8. The van der Waals surface area contributed by atoms with E-state index in [9.17, 15) is 19.2 Å². The first-order valence-electron chi connectivity index (χ1n) is 12.1. The quantitative estimate of drug-likeness (QED) is 0.331. The molecule has 2 N–H and O–H groups in total. The first kappa shape index (κ1) is 32.2. The Kier molecular flexibility index (Phi) is 15.1. The van der Waals surface area contributed by atoms with Crippen molar-refractivity contribution in [2.45, 2.75) is 71.3 Å². The third-order valence-electron chi connectivity index (χ3n) is 5.54. The van der Waals surface area contributed by atoms with E-state index >= 15 is 0 Å². The highest BCUT2D eigenvalue weighted by molar-refractivity contribution is 8.00. The topological polar surface area (TPSA) is 102 Å². The smallest absolute Gasteiger partial charge is 0.256 e. The number of amides is 4. The highest BCUT2D eigenvalue weighted by Gasteiger charge is 2.36. The second-order valence-electron chi connectivity index (χ2n) is 9.72. The summed E-state index contributed by atoms with van der Waals surface area (Å²) in [6.45, 7) is 10.4. The zero-order valence-electron chi connectivity index (χ0n) is 22.8. The van der Waals surface area contributed by atoms with Crippen molar-refractivity contribution in [3.05, 3.63) is 0 Å². The van der Waals surface area contributed by atoms with Crippen LogP contribution in [-0.2, 0) is 19.2 Å². The highest BCUT2D eigenvalue weighted by Crippen LogP contribution is 2.22. The summed E-state index contributed by atoms with van der Waals surface area (Å²) in [7, 11) is 8.70. The maximum atomic E-state index is 13.6. The van der Waals surface area contributed by atoms with Crippen molar-refractivity contribution in [2.24, 2.45) is 11.8 Å². The van der Waals surface area contributed by atoms with Gasteiger partial charge in [-0.15, -0.1) is 11.8 Å². The van der Waals surface area contributed by atoms with Crippen LogP contribution >= 0.6 is 11.8 Å². The van der Waals surface area contributed by atoms with Gasteiger partial charge in [-0.3, -0.25) is 19.2 Å². The Morgan fingerprint density at radius 3 is 1.94 bits per heavy atom. The van der Waals surface area contributed by atoms with Gasteiger partial charge in [0.1, 0.15) is 12.1 Å². The van der Waals surface area contributed by atoms with Crippen molar-refractivity contribution in [2.75, 3.05) is 47.5 Å². The molecule has 0 aliphatic heterocycles. The number of nitrogens with zero attached hydrogens (tertiary/aromatic N) is 3. The number of carbonyl (C=O) groups is 4. The molecule has 0 heterocycles. The minimum atomic E-state index is -0.759. The van der Waals surface area contributed by atoms with Crippen LogP contribution in [0.25, 0.3) is 0 Å². The maximum Gasteiger partial charge on any atom is 0.256 e. The molecular formula is C24H47N5O4S. The largest absolute Gasteiger partial charge is 0.357 e. The van der Waals surface area contributed by atoms with Crippen molar-refractivity contribution in [3.63, 3.8) is 0 Å². The van der Waals surface area contributed by atoms with Gasteiger partial charge in [-0.2, -0.15) is 0 Å². The molecule has 198 valence electrons. The maximum absolute atomic E-state index is 13.6. The summed E-state index contributed by atoms with van der Waals surface area (Å²) in [5.74, 6) is -0.351. The standard InChI is InChI=1S/C24H47N5O4S/c1-11-12-19(30)29(10)24(34-14-13-27(7)8)23(33)28(9)18(15-16(2)3)21(31)26-20(17(4)5)22(32)25-6/h16-18,20,24H,11-15H2,1-10H3,(H,25,32)(H,26,31)/t18-,20-,24+/m0/s1. The van der Waals surface area contributed by atoms with Gasteiger partial charge in [0, 0.05) is 39.9 Å². The molecule has 0 bridgehead atoms. The lowest BCUT2D eigenvalue weighted by Gasteiger charge is -2.35. The van der Waals surface area contributed by atoms with E-state index in [1.807, 2.05) is 53.6 Å². The SMILES string of the molecule is CCCC(=O)N(C)[C@H](SCCN(C)C)C(=O)N(C)[C@@H](CC(C)C)C(=O)N[C@H](C(=O)NC)C(C)C. The van der Waals surface area contributed by atoms with E-state index in [2.05, 4.69) is 10.6 Å². The van der Waals surface area contributed by atoms with Gasteiger partial charge in [-0.25, -0.2) is 0 Å². The normalized spacial score (nSPS) is 14.0. The zero-order chi connectivity index (χ0) is 26.6. The van der Waals surface area contributed by atoms with Crippen molar-refractivity contribution in [3.8, 4) is 0 Å². The van der Waals surface area contributed by atoms with E-state index in [0.717, 1.165) is 6.54 Å². The molecule has 0 fully saturated rings. The number of hydrogen-bond acceptors (Lipinski definition) is 6. The molecule has 0 unspecified atom stereocenters. The van der Waals surface area contributed by atoms with Crippen LogP contribution in [0.4, 0.5) is 0 Å². The molecule has 0 aromatic heterocycles. The highest BCUT2D eigenvalue weighted by atomic mass is 32.2. The summed E-state index contributed by atoms with van der Waals surface area (Å²) in [6.07, 6.45) is 1.49. The van der Waals surface area contributed by atoms with Crippen LogP contribution in [0, 0.1) is 11.8 Å². The molecule has 0 aromatic carbocycles. The van der Waals surface area contributed by atoms with Crippen LogP contribution < -0.4 is 10.6 Å². The predicted molar refractivity (Wildman–Crippen MR) is 139 cm³/mol. The van der Waals surface area contributed by atoms with E-state index in [0.29, 0.717) is 25.0 Å². The third kappa shape index (κ3) is 10.6. The molecule has 9 nitrogen and oxygen atoms in total. The zero-order valence-corrected chi connectivity index (χ0v) is 23.6. The van der Waals surface area contributed by atoms with E-state index in [1.54, 1.807) is 14.1 Å². The summed E-state index contributed by atoms with van der Waals surface area (Å²) < 4.78 is 0. The summed E-state index contributed by atoms with van der Waals surface area (Å²) in [5, 5.41) is 4.70. The lowest BCUT2D eigenvalue weighted by molar-refractivity contribution is -0.145. The molecule has 34 heavy (non-hydrogen) atoms. The van der Waals surface area contributed by atoms with Crippen molar-refractivity contribution in [1.29, 1.82) is 0 Å². The fourth-order valence-electron chi connectivity index (χ4n) is 3.37. The molecule has 0 aromatic rings. The average molecular weight is 502 g/mol. The Labute approximate surface area is 210 Å². The molecule has 0 saturated carbocycles. The van der Waals surface area contributed by atoms with Gasteiger partial charge in [0.25, 0.3) is 5.91 Å². The molecule has 3 atom stereocenters. The molecule has 0 aliphatic rings. The van der Waals surface area contributed by atoms with E-state index < -0.39 is 17.5 Å². The Balaban J connectivity index is 5.89. The molecule has 4 amide bonds. The van der Waals surface area contributed by atoms with E-state index in [4.69, 9.17) is 0 Å². The molecule has 0 aliphatic carbocycles. The number of carbonyl (C=O) groups excluding carboxylic acids is 4. The Morgan fingerprint density at radius 1 is 0.912 bits per heavy atom. The first-order chi connectivity index (χ1) is 15.8. The summed E-state index contributed by atoms with van der Waals surface area (Å²) >= 11 is 1.40. The second-order valence-corrected chi connectivity index (χ2v) is 10.9. The van der Waals surface area contributed by atoms with Crippen LogP contribution in [0.15, 0.2) is 0 Å². The number of likely N-dealkylation sites (N-methyl/N-ethyl adjacent to an activating group) is 3. The monoisotopic (exact) mass is 501 g/mol. The van der Waals surface area contributed by atoms with Crippen molar-refractivity contribution >= 4 is 35.4 Å². The van der Waals surface area contributed by atoms with Crippen LogP contribution in [0.5, 0.6) is 0 Å². The lowest BCUT2D eigenvalue weighted by atomic mass is 9.99. The van der Waals surface area contributed by atoms with Gasteiger partial charge in [0.15, 0.2) is 5.37 Å². The minimum absolute atomic E-state index is 0.101. The number of hydrogen-bond donors (Lipinski definition) is 2. The Morgan fingerprint density at radius 2 is 1.50 bits per heavy atom. The first-order valence-corrected chi connectivity index (χ1v) is 13.1. The third-order valence-corrected chi connectivity index (χ3v) is 6.79. The number of thioether (sulfide) groups is 1. The van der Waals surface area contributed by atoms with Crippen molar-refractivity contribution < 1.29 is 19.2 Å².